The fourth-order valence-electron chi connectivity index (χ4n) is 5.73. The zero-order chi connectivity index (χ0) is 47.4. The molecule has 0 spiro atoms. The van der Waals surface area contributed by atoms with Crippen LogP contribution < -0.4 is 164 Å². The van der Waals surface area contributed by atoms with Crippen LogP contribution in [0.2, 0.25) is 5.28 Å². The SMILES string of the molecule is O=S(=O)(O)OCCS(=O)(=O)c1ccc(Nc2nc(Cl)[nH]c(=Nc3cc(S(=O)(=O)[O-])cc4cc(S(=O)(=O)[O-])c(N=Nc5ccc6c(S(=O)(=O)[O-])cccc6c5S(=O)(=O)[O-])c([O-])c34)n2)cc1.[Na+].[Na+].[Na+].[Na+].[Na+]. The Balaban J connectivity index is 0.00000476. The first kappa shape index (κ1) is 66.4. The van der Waals surface area contributed by atoms with E-state index in [0.717, 1.165) is 36.4 Å². The van der Waals surface area contributed by atoms with Gasteiger partial charge in [0.2, 0.25) is 16.9 Å². The van der Waals surface area contributed by atoms with Gasteiger partial charge in [-0.3, -0.25) is 9.54 Å². The number of anilines is 2. The Morgan fingerprint density at radius 3 is 1.83 bits per heavy atom. The smallest absolute Gasteiger partial charge is 0.870 e. The number of sulfone groups is 1. The van der Waals surface area contributed by atoms with Gasteiger partial charge in [-0.05, 0) is 71.6 Å². The van der Waals surface area contributed by atoms with E-state index in [-0.39, 0.29) is 158 Å². The second-order valence-electron chi connectivity index (χ2n) is 12.5. The summed E-state index contributed by atoms with van der Waals surface area (Å²) < 4.78 is 206. The molecule has 69 heavy (non-hydrogen) atoms. The van der Waals surface area contributed by atoms with Crippen LogP contribution in [-0.4, -0.2) is 101 Å². The molecule has 26 nitrogen and oxygen atoms in total. The topological polar surface area (TPSA) is 440 Å². The number of fused-ring (bicyclic) bond motifs is 2. The van der Waals surface area contributed by atoms with Crippen LogP contribution >= 0.6 is 11.6 Å². The molecule has 38 heteroatoms. The molecule has 3 N–H and O–H groups in total. The number of H-pyrrole nitrogens is 1. The van der Waals surface area contributed by atoms with Crippen molar-refractivity contribution < 1.29 is 230 Å². The standard InChI is InChI=1S/C31H24ClN7O19S6.5Na/c32-29-35-30(33-16-4-6-17(7-5-16)59(41,42)11-10-58-64(55,56)57)37-31(36-29)34-22-14-18(60(43,44)45)12-15-13-24(62(49,50)51)26(27(40)25(15)22)39-38-21-9-8-19-20(28(21)63(52,53)54)2-1-3-23(19)61(46,47)48;;;;;/h1-9,12-14,40H,10-11H2,(H,43,44,45)(H,46,47,48)(H,49,50,51)(H,52,53,54)(H,55,56,57)(H2,33,34,35,36,37);;;;;/q;5*+1/p-5. The minimum absolute atomic E-state index is 0. The predicted molar refractivity (Wildman–Crippen MR) is 209 cm³/mol. The van der Waals surface area contributed by atoms with Gasteiger partial charge in [0.05, 0.1) is 48.2 Å². The number of nitrogens with zero attached hydrogens (tertiary/aromatic N) is 5. The molecule has 0 amide bonds. The number of rotatable bonds is 14. The Bertz CT molecular complexity index is 3770. The molecule has 0 aliphatic carbocycles. The van der Waals surface area contributed by atoms with Crippen molar-refractivity contribution in [3.05, 3.63) is 83.7 Å². The van der Waals surface area contributed by atoms with Gasteiger partial charge in [0, 0.05) is 21.8 Å². The number of azo groups is 1. The van der Waals surface area contributed by atoms with E-state index >= 15 is 0 Å². The summed E-state index contributed by atoms with van der Waals surface area (Å²) >= 11 is 6.10. The Kier molecular flexibility index (Phi) is 24.3. The molecule has 0 aliphatic heterocycles. The molecule has 1 aromatic heterocycles. The number of aromatic nitrogens is 3. The van der Waals surface area contributed by atoms with E-state index < -0.39 is 154 Å². The van der Waals surface area contributed by atoms with Gasteiger partial charge in [0.15, 0.2) is 9.84 Å². The summed E-state index contributed by atoms with van der Waals surface area (Å²) in [5.41, 5.74) is -3.63. The van der Waals surface area contributed by atoms with Crippen LogP contribution in [0.15, 0.2) is 112 Å². The van der Waals surface area contributed by atoms with Crippen LogP contribution in [0.3, 0.4) is 0 Å². The van der Waals surface area contributed by atoms with Gasteiger partial charge in [-0.1, -0.05) is 23.9 Å². The summed E-state index contributed by atoms with van der Waals surface area (Å²) in [4.78, 5) is 9.12. The number of halogens is 1. The number of aromatic amines is 1. The maximum Gasteiger partial charge on any atom is 1.00 e. The molecule has 5 aromatic carbocycles. The van der Waals surface area contributed by atoms with E-state index in [0.29, 0.717) is 24.3 Å². The maximum absolute atomic E-state index is 14.1. The first-order valence-corrected chi connectivity index (χ1v) is 25.5. The molecule has 0 atom stereocenters. The largest absolute Gasteiger partial charge is 1.00 e. The minimum atomic E-state index is -5.79. The third-order valence-corrected chi connectivity index (χ3v) is 14.1. The summed E-state index contributed by atoms with van der Waals surface area (Å²) in [5, 5.41) is 20.5. The normalized spacial score (nSPS) is 12.6. The average Bonchev–Trinajstić information content (AvgIpc) is 3.14. The van der Waals surface area contributed by atoms with Gasteiger partial charge >= 0.3 is 158 Å². The Morgan fingerprint density at radius 2 is 1.28 bits per heavy atom. The number of hydrogen-bond acceptors (Lipinski definition) is 24. The number of benzene rings is 5. The van der Waals surface area contributed by atoms with E-state index in [1.165, 1.54) is 12.1 Å². The summed E-state index contributed by atoms with van der Waals surface area (Å²) in [5.74, 6) is -2.83. The number of nitrogens with one attached hydrogen (secondary N) is 2. The zero-order valence-corrected chi connectivity index (χ0v) is 51.4. The molecule has 340 valence electrons. The van der Waals surface area contributed by atoms with Crippen molar-refractivity contribution in [1.82, 2.24) is 15.0 Å². The fourth-order valence-corrected chi connectivity index (χ4v) is 10.1. The van der Waals surface area contributed by atoms with Gasteiger partial charge in [-0.15, -0.1) is 10.2 Å². The summed E-state index contributed by atoms with van der Waals surface area (Å²) in [6.07, 6.45) is 0. The molecule has 0 unspecified atom stereocenters. The third-order valence-electron chi connectivity index (χ3n) is 8.28. The Labute approximate surface area is 507 Å². The molecule has 6 rings (SSSR count). The van der Waals surface area contributed by atoms with Crippen molar-refractivity contribution in [2.75, 3.05) is 17.7 Å². The quantitative estimate of drug-likeness (QED) is 0.0518. The third kappa shape index (κ3) is 16.7. The van der Waals surface area contributed by atoms with E-state index in [1.54, 1.807) is 0 Å². The molecule has 0 saturated carbocycles. The minimum Gasteiger partial charge on any atom is -0.870 e. The van der Waals surface area contributed by atoms with Crippen LogP contribution in [0.25, 0.3) is 21.5 Å². The van der Waals surface area contributed by atoms with Gasteiger partial charge < -0.3 is 28.6 Å². The van der Waals surface area contributed by atoms with E-state index in [1.807, 2.05) is 0 Å². The molecule has 6 aromatic rings. The van der Waals surface area contributed by atoms with Gasteiger partial charge in [-0.25, -0.2) is 51.3 Å². The molecule has 0 saturated heterocycles. The summed E-state index contributed by atoms with van der Waals surface area (Å²) in [6, 6.07) is 10.2. The van der Waals surface area contributed by atoms with Crippen LogP contribution in [0.4, 0.5) is 28.7 Å². The Morgan fingerprint density at radius 1 is 0.667 bits per heavy atom. The molecule has 1 heterocycles. The van der Waals surface area contributed by atoms with Gasteiger partial charge in [0.1, 0.15) is 46.2 Å². The summed E-state index contributed by atoms with van der Waals surface area (Å²) in [6.45, 7) is -0.901. The molecular weight excluding hydrogens is 1120 g/mol. The number of hydrogen-bond donors (Lipinski definition) is 3. The van der Waals surface area contributed by atoms with Crippen LogP contribution in [0, 0.1) is 0 Å². The summed E-state index contributed by atoms with van der Waals surface area (Å²) in [7, 11) is -31.2. The van der Waals surface area contributed by atoms with Crippen molar-refractivity contribution in [2.24, 2.45) is 15.2 Å². The van der Waals surface area contributed by atoms with Crippen LogP contribution in [-0.2, 0) is 64.9 Å². The van der Waals surface area contributed by atoms with Crippen molar-refractivity contribution in [3.8, 4) is 5.75 Å². The van der Waals surface area contributed by atoms with E-state index in [2.05, 4.69) is 39.7 Å². The molecule has 0 aliphatic rings. The zero-order valence-electron chi connectivity index (χ0n) is 35.7. The molecular formula is C31H19ClN7Na5O19S6. The monoisotopic (exact) mass is 1130 g/mol. The predicted octanol–water partition coefficient (Wildman–Crippen LogP) is -13.5. The van der Waals surface area contributed by atoms with E-state index in [4.69, 9.17) is 16.2 Å². The molecule has 0 radical (unpaired) electrons. The first-order chi connectivity index (χ1) is 29.4. The van der Waals surface area contributed by atoms with Crippen molar-refractivity contribution >= 4 is 123 Å². The van der Waals surface area contributed by atoms with Gasteiger partial charge in [-0.2, -0.15) is 18.4 Å². The van der Waals surface area contributed by atoms with Gasteiger partial charge in [0.25, 0.3) is 0 Å². The van der Waals surface area contributed by atoms with Crippen molar-refractivity contribution in [2.45, 2.75) is 24.5 Å². The average molecular weight is 1140 g/mol. The second-order valence-corrected chi connectivity index (χ2v) is 21.4. The second kappa shape index (κ2) is 25.3. The fraction of sp³-hybridized carbons (Fsp3) is 0.0645. The maximum atomic E-state index is 14.1. The van der Waals surface area contributed by atoms with E-state index in [9.17, 15) is 73.8 Å². The van der Waals surface area contributed by atoms with Crippen molar-refractivity contribution in [1.29, 1.82) is 0 Å². The van der Waals surface area contributed by atoms with Crippen LogP contribution in [0.5, 0.6) is 5.75 Å². The molecule has 0 bridgehead atoms. The van der Waals surface area contributed by atoms with Crippen molar-refractivity contribution in [3.63, 3.8) is 0 Å². The first-order valence-electron chi connectivity index (χ1n) is 16.5. The van der Waals surface area contributed by atoms with Crippen LogP contribution in [0.1, 0.15) is 0 Å². The Hall–Kier alpha value is -0.620. The molecule has 0 fully saturated rings.